The topological polar surface area (TPSA) is 21.3 Å². The smallest absolute Gasteiger partial charge is 0.119 e. The van der Waals surface area contributed by atoms with Crippen molar-refractivity contribution >= 4 is 11.6 Å². The number of hydrogen-bond donors (Lipinski definition) is 1. The molecule has 1 unspecified atom stereocenters. The average Bonchev–Trinajstić information content (AvgIpc) is 2.67. The lowest BCUT2D eigenvalue weighted by molar-refractivity contribution is 0.404. The first kappa shape index (κ1) is 10.8. The molecule has 0 aromatic heterocycles. The Morgan fingerprint density at radius 2 is 2.27 bits per heavy atom. The van der Waals surface area contributed by atoms with Crippen molar-refractivity contribution in [2.75, 3.05) is 13.7 Å². The standard InChI is InChI=1S/C12H16ClNO/c1-12(6-3-7-14-12)10-8-9(15-2)4-5-11(10)13/h4-5,8,14H,3,6-7H2,1-2H3. The lowest BCUT2D eigenvalue weighted by atomic mass is 9.90. The van der Waals surface area contributed by atoms with Crippen LogP contribution in [0.15, 0.2) is 18.2 Å². The summed E-state index contributed by atoms with van der Waals surface area (Å²) in [6.45, 7) is 3.25. The Balaban J connectivity index is 2.41. The molecule has 0 radical (unpaired) electrons. The highest BCUT2D eigenvalue weighted by Crippen LogP contribution is 2.36. The maximum Gasteiger partial charge on any atom is 0.119 e. The molecule has 0 aliphatic carbocycles. The molecule has 1 saturated heterocycles. The van der Waals surface area contributed by atoms with Gasteiger partial charge in [-0.15, -0.1) is 0 Å². The van der Waals surface area contributed by atoms with Gasteiger partial charge in [0.2, 0.25) is 0 Å². The molecule has 2 nitrogen and oxygen atoms in total. The van der Waals surface area contributed by atoms with E-state index >= 15 is 0 Å². The van der Waals surface area contributed by atoms with E-state index in [1.54, 1.807) is 7.11 Å². The maximum atomic E-state index is 6.23. The van der Waals surface area contributed by atoms with Gasteiger partial charge in [-0.2, -0.15) is 0 Å². The Kier molecular flexibility index (Phi) is 2.89. The molecule has 1 aliphatic rings. The van der Waals surface area contributed by atoms with Crippen LogP contribution < -0.4 is 10.1 Å². The SMILES string of the molecule is COc1ccc(Cl)c(C2(C)CCCN2)c1. The van der Waals surface area contributed by atoms with Crippen LogP contribution in [0, 0.1) is 0 Å². The number of halogens is 1. The highest BCUT2D eigenvalue weighted by Gasteiger charge is 2.31. The zero-order chi connectivity index (χ0) is 10.9. The van der Waals surface area contributed by atoms with E-state index in [0.717, 1.165) is 29.3 Å². The van der Waals surface area contributed by atoms with Crippen molar-refractivity contribution in [1.82, 2.24) is 5.32 Å². The van der Waals surface area contributed by atoms with Crippen LogP contribution in [0.3, 0.4) is 0 Å². The van der Waals surface area contributed by atoms with E-state index in [4.69, 9.17) is 16.3 Å². The van der Waals surface area contributed by atoms with Gasteiger partial charge in [0.1, 0.15) is 5.75 Å². The first-order valence-corrected chi connectivity index (χ1v) is 5.62. The molecular formula is C12H16ClNO. The summed E-state index contributed by atoms with van der Waals surface area (Å²) in [4.78, 5) is 0. The Bertz CT molecular complexity index is 359. The molecule has 82 valence electrons. The monoisotopic (exact) mass is 225 g/mol. The molecule has 1 N–H and O–H groups in total. The molecule has 0 bridgehead atoms. The minimum atomic E-state index is 0.00558. The molecule has 1 fully saturated rings. The molecule has 0 spiro atoms. The highest BCUT2D eigenvalue weighted by atomic mass is 35.5. The van der Waals surface area contributed by atoms with Gasteiger partial charge in [-0.3, -0.25) is 0 Å². The minimum absolute atomic E-state index is 0.00558. The second kappa shape index (κ2) is 4.03. The zero-order valence-corrected chi connectivity index (χ0v) is 9.90. The predicted octanol–water partition coefficient (Wildman–Crippen LogP) is 2.95. The zero-order valence-electron chi connectivity index (χ0n) is 9.14. The summed E-state index contributed by atoms with van der Waals surface area (Å²) < 4.78 is 5.23. The fourth-order valence-corrected chi connectivity index (χ4v) is 2.50. The van der Waals surface area contributed by atoms with Crippen LogP contribution in [0.5, 0.6) is 5.75 Å². The highest BCUT2D eigenvalue weighted by molar-refractivity contribution is 6.31. The van der Waals surface area contributed by atoms with E-state index in [2.05, 4.69) is 12.2 Å². The van der Waals surface area contributed by atoms with E-state index in [0.29, 0.717) is 0 Å². The summed E-state index contributed by atoms with van der Waals surface area (Å²) in [5.74, 6) is 0.865. The third kappa shape index (κ3) is 1.97. The molecule has 1 aromatic rings. The first-order valence-electron chi connectivity index (χ1n) is 5.25. The third-order valence-corrected chi connectivity index (χ3v) is 3.47. The fraction of sp³-hybridized carbons (Fsp3) is 0.500. The van der Waals surface area contributed by atoms with Gasteiger partial charge in [-0.1, -0.05) is 11.6 Å². The summed E-state index contributed by atoms with van der Waals surface area (Å²) in [7, 11) is 1.68. The van der Waals surface area contributed by atoms with Crippen molar-refractivity contribution in [1.29, 1.82) is 0 Å². The van der Waals surface area contributed by atoms with Crippen molar-refractivity contribution in [3.05, 3.63) is 28.8 Å². The largest absolute Gasteiger partial charge is 0.497 e. The summed E-state index contributed by atoms with van der Waals surface area (Å²) >= 11 is 6.23. The lowest BCUT2D eigenvalue weighted by Crippen LogP contribution is -2.33. The second-order valence-corrected chi connectivity index (χ2v) is 4.62. The molecule has 1 heterocycles. The van der Waals surface area contributed by atoms with Crippen molar-refractivity contribution in [2.24, 2.45) is 0 Å². The maximum absolute atomic E-state index is 6.23. The number of nitrogens with one attached hydrogen (secondary N) is 1. The van der Waals surface area contributed by atoms with Crippen LogP contribution in [0.1, 0.15) is 25.3 Å². The van der Waals surface area contributed by atoms with E-state index < -0.39 is 0 Å². The summed E-state index contributed by atoms with van der Waals surface area (Å²) in [5, 5.41) is 4.31. The minimum Gasteiger partial charge on any atom is -0.497 e. The normalized spacial score (nSPS) is 25.5. The van der Waals surface area contributed by atoms with Gasteiger partial charge < -0.3 is 10.1 Å². The van der Waals surface area contributed by atoms with E-state index in [1.165, 1.54) is 6.42 Å². The van der Waals surface area contributed by atoms with Crippen molar-refractivity contribution in [3.8, 4) is 5.75 Å². The number of methoxy groups -OCH3 is 1. The Labute approximate surface area is 95.6 Å². The number of ether oxygens (including phenoxy) is 1. The van der Waals surface area contributed by atoms with Crippen LogP contribution in [0.4, 0.5) is 0 Å². The van der Waals surface area contributed by atoms with Crippen LogP contribution >= 0.6 is 11.6 Å². The molecule has 1 atom stereocenters. The second-order valence-electron chi connectivity index (χ2n) is 4.21. The average molecular weight is 226 g/mol. The van der Waals surface area contributed by atoms with Crippen LogP contribution in [-0.2, 0) is 5.54 Å². The Morgan fingerprint density at radius 1 is 1.47 bits per heavy atom. The first-order chi connectivity index (χ1) is 7.15. The summed E-state index contributed by atoms with van der Waals surface area (Å²) in [6, 6.07) is 5.83. The molecule has 3 heteroatoms. The molecule has 0 saturated carbocycles. The van der Waals surface area contributed by atoms with E-state index in [1.807, 2.05) is 18.2 Å². The number of benzene rings is 1. The van der Waals surface area contributed by atoms with Gasteiger partial charge in [-0.25, -0.2) is 0 Å². The van der Waals surface area contributed by atoms with Gasteiger partial charge >= 0.3 is 0 Å². The van der Waals surface area contributed by atoms with Gasteiger partial charge in [0.05, 0.1) is 7.11 Å². The van der Waals surface area contributed by atoms with Crippen LogP contribution in [0.2, 0.25) is 5.02 Å². The molecule has 0 amide bonds. The number of rotatable bonds is 2. The summed E-state index contributed by atoms with van der Waals surface area (Å²) in [6.07, 6.45) is 2.32. The molecular weight excluding hydrogens is 210 g/mol. The summed E-state index contributed by atoms with van der Waals surface area (Å²) in [5.41, 5.74) is 1.15. The van der Waals surface area contributed by atoms with Gasteiger partial charge in [0.15, 0.2) is 0 Å². The number of hydrogen-bond acceptors (Lipinski definition) is 2. The van der Waals surface area contributed by atoms with Crippen molar-refractivity contribution in [3.63, 3.8) is 0 Å². The van der Waals surface area contributed by atoms with E-state index in [-0.39, 0.29) is 5.54 Å². The Hall–Kier alpha value is -0.730. The lowest BCUT2D eigenvalue weighted by Gasteiger charge is -2.26. The van der Waals surface area contributed by atoms with Gasteiger partial charge in [0, 0.05) is 10.6 Å². The van der Waals surface area contributed by atoms with Crippen LogP contribution in [0.25, 0.3) is 0 Å². The quantitative estimate of drug-likeness (QED) is 0.836. The van der Waals surface area contributed by atoms with Crippen molar-refractivity contribution in [2.45, 2.75) is 25.3 Å². The Morgan fingerprint density at radius 3 is 2.87 bits per heavy atom. The van der Waals surface area contributed by atoms with E-state index in [9.17, 15) is 0 Å². The molecule has 1 aliphatic heterocycles. The fourth-order valence-electron chi connectivity index (χ4n) is 2.18. The molecule has 15 heavy (non-hydrogen) atoms. The molecule has 2 rings (SSSR count). The van der Waals surface area contributed by atoms with Crippen LogP contribution in [-0.4, -0.2) is 13.7 Å². The molecule has 1 aromatic carbocycles. The van der Waals surface area contributed by atoms with Gasteiger partial charge in [-0.05, 0) is 50.1 Å². The predicted molar refractivity (Wildman–Crippen MR) is 62.6 cm³/mol. The van der Waals surface area contributed by atoms with Crippen molar-refractivity contribution < 1.29 is 4.74 Å². The van der Waals surface area contributed by atoms with Gasteiger partial charge in [0.25, 0.3) is 0 Å². The third-order valence-electron chi connectivity index (χ3n) is 3.14.